The van der Waals surface area contributed by atoms with Crippen molar-refractivity contribution in [3.8, 4) is 0 Å². The monoisotopic (exact) mass is 451 g/mol. The van der Waals surface area contributed by atoms with Crippen molar-refractivity contribution in [3.63, 3.8) is 0 Å². The first-order chi connectivity index (χ1) is 16.1. The summed E-state index contributed by atoms with van der Waals surface area (Å²) in [5.41, 5.74) is 3.32. The molecule has 0 spiro atoms. The first-order valence-corrected chi connectivity index (χ1v) is 12.0. The van der Waals surface area contributed by atoms with Crippen molar-refractivity contribution in [2.24, 2.45) is 5.92 Å². The van der Waals surface area contributed by atoms with Crippen LogP contribution in [-0.4, -0.2) is 47.3 Å². The average molecular weight is 452 g/mol. The van der Waals surface area contributed by atoms with Crippen LogP contribution in [0.4, 0.5) is 5.82 Å². The van der Waals surface area contributed by atoms with Crippen molar-refractivity contribution in [1.29, 1.82) is 0 Å². The predicted molar refractivity (Wildman–Crippen MR) is 126 cm³/mol. The molecular weight excluding hydrogens is 418 g/mol. The summed E-state index contributed by atoms with van der Waals surface area (Å²) >= 11 is 0. The maximum absolute atomic E-state index is 12.2. The number of amides is 1. The molecule has 0 bridgehead atoms. The van der Waals surface area contributed by atoms with Gasteiger partial charge in [0.2, 0.25) is 5.91 Å². The Balaban J connectivity index is 1.12. The number of anilines is 1. The number of aryl methyl sites for hydroxylation is 2. The van der Waals surface area contributed by atoms with Gasteiger partial charge in [-0.1, -0.05) is 36.4 Å². The molecule has 7 nitrogen and oxygen atoms in total. The van der Waals surface area contributed by atoms with Gasteiger partial charge in [-0.05, 0) is 61.6 Å². The zero-order valence-electron chi connectivity index (χ0n) is 19.0. The molecule has 1 atom stereocenters. The molecule has 0 radical (unpaired) electrons. The van der Waals surface area contributed by atoms with Gasteiger partial charge in [0.05, 0.1) is 12.5 Å². The van der Waals surface area contributed by atoms with Gasteiger partial charge in [-0.2, -0.15) is 0 Å². The van der Waals surface area contributed by atoms with Crippen LogP contribution in [-0.2, 0) is 33.6 Å². The summed E-state index contributed by atoms with van der Waals surface area (Å²) in [7, 11) is 0. The molecule has 2 heterocycles. The van der Waals surface area contributed by atoms with Crippen LogP contribution in [0.3, 0.4) is 0 Å². The lowest BCUT2D eigenvalue weighted by Gasteiger charge is -2.35. The molecular formula is C26H33N3O4. The van der Waals surface area contributed by atoms with Crippen molar-refractivity contribution in [2.75, 3.05) is 18.5 Å². The van der Waals surface area contributed by atoms with E-state index in [2.05, 4.69) is 22.8 Å². The Morgan fingerprint density at radius 1 is 1.18 bits per heavy atom. The Morgan fingerprint density at radius 3 is 2.79 bits per heavy atom. The van der Waals surface area contributed by atoms with E-state index in [9.17, 15) is 14.7 Å². The fraction of sp³-hybridized carbons (Fsp3) is 0.500. The van der Waals surface area contributed by atoms with Gasteiger partial charge in [-0.15, -0.1) is 0 Å². The van der Waals surface area contributed by atoms with Crippen molar-refractivity contribution >= 4 is 17.7 Å². The Hall–Kier alpha value is -2.93. The number of carbonyl (C=O) groups is 2. The van der Waals surface area contributed by atoms with Crippen LogP contribution in [0.25, 0.3) is 0 Å². The number of hydrogen-bond acceptors (Lipinski definition) is 5. The lowest BCUT2D eigenvalue weighted by molar-refractivity contribution is -0.142. The van der Waals surface area contributed by atoms with Crippen LogP contribution in [0, 0.1) is 5.92 Å². The number of pyridine rings is 1. The molecule has 2 aromatic rings. The smallest absolute Gasteiger partial charge is 0.326 e. The van der Waals surface area contributed by atoms with Crippen LogP contribution < -0.4 is 10.6 Å². The molecule has 1 saturated carbocycles. The van der Waals surface area contributed by atoms with E-state index in [4.69, 9.17) is 9.72 Å². The van der Waals surface area contributed by atoms with E-state index >= 15 is 0 Å². The highest BCUT2D eigenvalue weighted by Gasteiger charge is 2.30. The number of aromatic nitrogens is 1. The van der Waals surface area contributed by atoms with Gasteiger partial charge in [-0.25, -0.2) is 9.78 Å². The minimum atomic E-state index is -1.03. The highest BCUT2D eigenvalue weighted by molar-refractivity contribution is 5.84. The van der Waals surface area contributed by atoms with Crippen LogP contribution in [0.2, 0.25) is 0 Å². The largest absolute Gasteiger partial charge is 0.480 e. The number of nitrogens with zero attached hydrogens (tertiary/aromatic N) is 1. The van der Waals surface area contributed by atoms with Gasteiger partial charge >= 0.3 is 5.97 Å². The van der Waals surface area contributed by atoms with Crippen LogP contribution in [0.1, 0.15) is 48.9 Å². The van der Waals surface area contributed by atoms with E-state index < -0.39 is 12.0 Å². The number of carboxylic acids is 1. The number of carboxylic acid groups (broad SMARTS) is 1. The van der Waals surface area contributed by atoms with Gasteiger partial charge in [0, 0.05) is 25.3 Å². The fourth-order valence-corrected chi connectivity index (χ4v) is 4.54. The highest BCUT2D eigenvalue weighted by Crippen LogP contribution is 2.34. The number of carbonyl (C=O) groups excluding carboxylic acids is 1. The first-order valence-electron chi connectivity index (χ1n) is 12.0. The second-order valence-corrected chi connectivity index (χ2v) is 9.12. The Labute approximate surface area is 195 Å². The van der Waals surface area contributed by atoms with E-state index in [1.807, 2.05) is 30.3 Å². The van der Waals surface area contributed by atoms with Crippen molar-refractivity contribution in [1.82, 2.24) is 10.3 Å². The second kappa shape index (κ2) is 11.3. The number of fused-ring (bicyclic) bond motifs is 1. The first kappa shape index (κ1) is 23.2. The van der Waals surface area contributed by atoms with Crippen molar-refractivity contribution < 1.29 is 19.4 Å². The number of hydrogen-bond donors (Lipinski definition) is 3. The van der Waals surface area contributed by atoms with E-state index in [0.717, 1.165) is 55.7 Å². The molecule has 1 aromatic carbocycles. The molecule has 7 heteroatoms. The Bertz CT molecular complexity index is 944. The van der Waals surface area contributed by atoms with Crippen LogP contribution in [0.15, 0.2) is 42.5 Å². The maximum Gasteiger partial charge on any atom is 0.326 e. The Morgan fingerprint density at radius 2 is 2.00 bits per heavy atom. The molecule has 1 amide bonds. The molecule has 33 heavy (non-hydrogen) atoms. The van der Waals surface area contributed by atoms with E-state index in [-0.39, 0.29) is 24.9 Å². The summed E-state index contributed by atoms with van der Waals surface area (Å²) in [5.74, 6) is 0.362. The average Bonchev–Trinajstić information content (AvgIpc) is 2.79. The lowest BCUT2D eigenvalue weighted by atomic mass is 9.79. The zero-order valence-corrected chi connectivity index (χ0v) is 19.0. The van der Waals surface area contributed by atoms with Crippen LogP contribution in [0.5, 0.6) is 0 Å². The van der Waals surface area contributed by atoms with Crippen molar-refractivity contribution in [3.05, 3.63) is 59.3 Å². The maximum atomic E-state index is 12.2. The summed E-state index contributed by atoms with van der Waals surface area (Å²) in [6.07, 6.45) is 6.97. The molecule has 0 saturated heterocycles. The third-order valence-corrected chi connectivity index (χ3v) is 6.55. The summed E-state index contributed by atoms with van der Waals surface area (Å²) in [4.78, 5) is 28.5. The number of nitrogens with one attached hydrogen (secondary N) is 2. The second-order valence-electron chi connectivity index (χ2n) is 9.12. The number of benzene rings is 1. The quantitative estimate of drug-likeness (QED) is 0.484. The van der Waals surface area contributed by atoms with Gasteiger partial charge < -0.3 is 20.5 Å². The van der Waals surface area contributed by atoms with E-state index in [0.29, 0.717) is 12.5 Å². The third kappa shape index (κ3) is 6.78. The highest BCUT2D eigenvalue weighted by atomic mass is 16.5. The topological polar surface area (TPSA) is 101 Å². The standard InChI is InChI=1S/C26H33N3O4/c30-24(17-18-5-2-1-3-6-18)29-23(26(31)32)12-14-33-22-15-19(16-22)8-10-21-11-9-20-7-4-13-27-25(20)28-21/h1-3,5-6,9,11,19,22-23H,4,7-8,10,12-17H2,(H,27,28)(H,29,30)(H,31,32)/t19-,22+,23-/m0/s1. The normalized spacial score (nSPS) is 20.1. The molecule has 176 valence electrons. The SMILES string of the molecule is O=C(Cc1ccccc1)N[C@@H](CCO[C@H]1C[C@@H](CCc2ccc3c(n2)NCCC3)C1)C(=O)O. The van der Waals surface area contributed by atoms with Crippen LogP contribution >= 0.6 is 0 Å². The predicted octanol–water partition coefficient (Wildman–Crippen LogP) is 3.37. The summed E-state index contributed by atoms with van der Waals surface area (Å²) in [6.45, 7) is 1.34. The zero-order chi connectivity index (χ0) is 23.0. The number of aliphatic carboxylic acids is 1. The molecule has 1 aromatic heterocycles. The van der Waals surface area contributed by atoms with Gasteiger partial charge in [-0.3, -0.25) is 4.79 Å². The molecule has 2 aliphatic rings. The van der Waals surface area contributed by atoms with Gasteiger partial charge in [0.25, 0.3) is 0 Å². The number of rotatable bonds is 11. The minimum absolute atomic E-state index is 0.172. The van der Waals surface area contributed by atoms with E-state index in [1.54, 1.807) is 0 Å². The molecule has 0 unspecified atom stereocenters. The fourth-order valence-electron chi connectivity index (χ4n) is 4.54. The van der Waals surface area contributed by atoms with Crippen molar-refractivity contribution in [2.45, 2.75) is 63.5 Å². The van der Waals surface area contributed by atoms with Gasteiger partial charge in [0.15, 0.2) is 0 Å². The molecule has 3 N–H and O–H groups in total. The third-order valence-electron chi connectivity index (χ3n) is 6.55. The molecule has 1 fully saturated rings. The molecule has 4 rings (SSSR count). The summed E-state index contributed by atoms with van der Waals surface area (Å²) in [6, 6.07) is 12.7. The molecule has 1 aliphatic carbocycles. The minimum Gasteiger partial charge on any atom is -0.480 e. The van der Waals surface area contributed by atoms with Gasteiger partial charge in [0.1, 0.15) is 11.9 Å². The summed E-state index contributed by atoms with van der Waals surface area (Å²) in [5, 5.41) is 15.4. The molecule has 1 aliphatic heterocycles. The lowest BCUT2D eigenvalue weighted by Crippen LogP contribution is -2.42. The Kier molecular flexibility index (Phi) is 7.94. The summed E-state index contributed by atoms with van der Waals surface area (Å²) < 4.78 is 5.87. The number of ether oxygens (including phenoxy) is 1. The van der Waals surface area contributed by atoms with E-state index in [1.165, 1.54) is 12.0 Å².